The van der Waals surface area contributed by atoms with Crippen molar-refractivity contribution < 1.29 is 14.7 Å². The highest BCUT2D eigenvalue weighted by atomic mass is 16.4. The molecule has 1 aromatic rings. The van der Waals surface area contributed by atoms with Crippen molar-refractivity contribution in [2.45, 2.75) is 6.04 Å². The van der Waals surface area contributed by atoms with Crippen LogP contribution in [0.5, 0.6) is 0 Å². The van der Waals surface area contributed by atoms with Gasteiger partial charge < -0.3 is 10.0 Å². The number of rotatable bonds is 3. The predicted octanol–water partition coefficient (Wildman–Crippen LogP) is 0.586. The highest BCUT2D eigenvalue weighted by Gasteiger charge is 2.32. The molecule has 0 bridgehead atoms. The van der Waals surface area contributed by atoms with Crippen LogP contribution in [0.2, 0.25) is 0 Å². The maximum absolute atomic E-state index is 11.7. The summed E-state index contributed by atoms with van der Waals surface area (Å²) in [5.74, 6) is -0.956. The van der Waals surface area contributed by atoms with Crippen LogP contribution >= 0.6 is 0 Å². The Morgan fingerprint density at radius 3 is 2.50 bits per heavy atom. The molecule has 0 aromatic heterocycles. The van der Waals surface area contributed by atoms with Crippen molar-refractivity contribution in [3.8, 4) is 0 Å². The molecule has 1 amide bonds. The number of benzene rings is 1. The Labute approximate surface area is 106 Å². The van der Waals surface area contributed by atoms with Gasteiger partial charge in [0, 0.05) is 20.1 Å². The van der Waals surface area contributed by atoms with Gasteiger partial charge in [0.2, 0.25) is 5.91 Å². The normalized spacial score (nSPS) is 18.7. The van der Waals surface area contributed by atoms with E-state index >= 15 is 0 Å². The lowest BCUT2D eigenvalue weighted by Gasteiger charge is -2.35. The summed E-state index contributed by atoms with van der Waals surface area (Å²) >= 11 is 0. The quantitative estimate of drug-likeness (QED) is 0.850. The van der Waals surface area contributed by atoms with Crippen LogP contribution < -0.4 is 0 Å². The third kappa shape index (κ3) is 2.51. The molecule has 1 aliphatic heterocycles. The minimum Gasteiger partial charge on any atom is -0.480 e. The van der Waals surface area contributed by atoms with Gasteiger partial charge in [-0.05, 0) is 5.56 Å². The minimum atomic E-state index is -0.918. The average molecular weight is 248 g/mol. The van der Waals surface area contributed by atoms with Crippen molar-refractivity contribution >= 4 is 11.9 Å². The second kappa shape index (κ2) is 5.18. The van der Waals surface area contributed by atoms with Gasteiger partial charge in [-0.2, -0.15) is 0 Å². The Morgan fingerprint density at radius 2 is 1.94 bits per heavy atom. The number of carbonyl (C=O) groups excluding carboxylic acids is 1. The zero-order valence-electron chi connectivity index (χ0n) is 10.2. The topological polar surface area (TPSA) is 60.9 Å². The summed E-state index contributed by atoms with van der Waals surface area (Å²) in [5.41, 5.74) is 0.711. The van der Waals surface area contributed by atoms with Crippen LogP contribution in [0.15, 0.2) is 30.3 Å². The van der Waals surface area contributed by atoms with E-state index in [1.54, 1.807) is 29.0 Å². The molecule has 0 radical (unpaired) electrons. The molecular weight excluding hydrogens is 232 g/mol. The summed E-state index contributed by atoms with van der Waals surface area (Å²) in [7, 11) is 1.73. The summed E-state index contributed by atoms with van der Waals surface area (Å²) in [6.45, 7) is 1.30. The number of carbonyl (C=O) groups is 2. The number of hydrogen-bond donors (Lipinski definition) is 1. The molecule has 0 spiro atoms. The molecule has 1 atom stereocenters. The SMILES string of the molecule is CN1CCN(C(C(=O)O)c2ccccc2)CC1=O. The number of hydrogen-bond acceptors (Lipinski definition) is 3. The zero-order valence-corrected chi connectivity index (χ0v) is 10.2. The molecule has 96 valence electrons. The van der Waals surface area contributed by atoms with E-state index in [4.69, 9.17) is 0 Å². The lowest BCUT2D eigenvalue weighted by atomic mass is 10.0. The largest absolute Gasteiger partial charge is 0.480 e. The number of carboxylic acid groups (broad SMARTS) is 1. The Morgan fingerprint density at radius 1 is 1.28 bits per heavy atom. The molecule has 18 heavy (non-hydrogen) atoms. The fourth-order valence-corrected chi connectivity index (χ4v) is 2.14. The van der Waals surface area contributed by atoms with Crippen LogP contribution in [0.3, 0.4) is 0 Å². The van der Waals surface area contributed by atoms with Crippen LogP contribution in [-0.4, -0.2) is 53.5 Å². The van der Waals surface area contributed by atoms with Crippen LogP contribution in [0, 0.1) is 0 Å². The fraction of sp³-hybridized carbons (Fsp3) is 0.385. The van der Waals surface area contributed by atoms with Crippen molar-refractivity contribution in [2.24, 2.45) is 0 Å². The molecule has 2 rings (SSSR count). The highest BCUT2D eigenvalue weighted by Crippen LogP contribution is 2.22. The summed E-state index contributed by atoms with van der Waals surface area (Å²) < 4.78 is 0. The molecule has 1 aromatic carbocycles. The van der Waals surface area contributed by atoms with Gasteiger partial charge in [0.25, 0.3) is 0 Å². The molecule has 1 saturated heterocycles. The molecule has 1 unspecified atom stereocenters. The number of piperazine rings is 1. The molecule has 1 aliphatic rings. The standard InChI is InChI=1S/C13H16N2O3/c1-14-7-8-15(9-11(14)16)12(13(17)18)10-5-3-2-4-6-10/h2-6,12H,7-9H2,1H3,(H,17,18). The van der Waals surface area contributed by atoms with Crippen LogP contribution in [0.25, 0.3) is 0 Å². The maximum Gasteiger partial charge on any atom is 0.325 e. The van der Waals surface area contributed by atoms with Crippen LogP contribution in [0.1, 0.15) is 11.6 Å². The molecule has 5 heteroatoms. The first-order valence-electron chi connectivity index (χ1n) is 5.85. The maximum atomic E-state index is 11.7. The van der Waals surface area contributed by atoms with E-state index in [0.717, 1.165) is 0 Å². The van der Waals surface area contributed by atoms with E-state index in [-0.39, 0.29) is 12.5 Å². The Hall–Kier alpha value is -1.88. The lowest BCUT2D eigenvalue weighted by molar-refractivity contribution is -0.147. The second-order valence-electron chi connectivity index (χ2n) is 4.44. The first-order chi connectivity index (χ1) is 8.59. The Kier molecular flexibility index (Phi) is 3.62. The number of likely N-dealkylation sites (N-methyl/N-ethyl adjacent to an activating group) is 1. The van der Waals surface area contributed by atoms with Crippen molar-refractivity contribution in [3.05, 3.63) is 35.9 Å². The molecule has 1 heterocycles. The van der Waals surface area contributed by atoms with E-state index < -0.39 is 12.0 Å². The van der Waals surface area contributed by atoms with Crippen molar-refractivity contribution in [2.75, 3.05) is 26.7 Å². The Balaban J connectivity index is 2.22. The summed E-state index contributed by atoms with van der Waals surface area (Å²) in [6, 6.07) is 8.27. The van der Waals surface area contributed by atoms with E-state index in [0.29, 0.717) is 18.7 Å². The van der Waals surface area contributed by atoms with Gasteiger partial charge in [-0.15, -0.1) is 0 Å². The molecule has 5 nitrogen and oxygen atoms in total. The van der Waals surface area contributed by atoms with Gasteiger partial charge in [-0.3, -0.25) is 14.5 Å². The van der Waals surface area contributed by atoms with Gasteiger partial charge in [0.1, 0.15) is 6.04 Å². The van der Waals surface area contributed by atoms with E-state index in [2.05, 4.69) is 0 Å². The van der Waals surface area contributed by atoms with E-state index in [9.17, 15) is 14.7 Å². The highest BCUT2D eigenvalue weighted by molar-refractivity contribution is 5.81. The number of amides is 1. The molecule has 1 fully saturated rings. The van der Waals surface area contributed by atoms with Crippen molar-refractivity contribution in [3.63, 3.8) is 0 Å². The van der Waals surface area contributed by atoms with Crippen molar-refractivity contribution in [1.29, 1.82) is 0 Å². The van der Waals surface area contributed by atoms with Crippen molar-refractivity contribution in [1.82, 2.24) is 9.80 Å². The third-order valence-electron chi connectivity index (χ3n) is 3.20. The van der Waals surface area contributed by atoms with E-state index in [1.807, 2.05) is 18.2 Å². The van der Waals surface area contributed by atoms with Gasteiger partial charge in [-0.1, -0.05) is 30.3 Å². The second-order valence-corrected chi connectivity index (χ2v) is 4.44. The van der Waals surface area contributed by atoms with Crippen LogP contribution in [0.4, 0.5) is 0 Å². The average Bonchev–Trinajstić information content (AvgIpc) is 2.35. The zero-order chi connectivity index (χ0) is 13.1. The van der Waals surface area contributed by atoms with E-state index in [1.165, 1.54) is 0 Å². The fourth-order valence-electron chi connectivity index (χ4n) is 2.14. The van der Waals surface area contributed by atoms with Gasteiger partial charge in [-0.25, -0.2) is 0 Å². The lowest BCUT2D eigenvalue weighted by Crippen LogP contribution is -2.51. The minimum absolute atomic E-state index is 0.0385. The molecule has 0 aliphatic carbocycles. The number of nitrogens with zero attached hydrogens (tertiary/aromatic N) is 2. The number of carboxylic acids is 1. The summed E-state index contributed by atoms with van der Waals surface area (Å²) in [6.07, 6.45) is 0. The first-order valence-corrected chi connectivity index (χ1v) is 5.85. The molecular formula is C13H16N2O3. The summed E-state index contributed by atoms with van der Waals surface area (Å²) in [4.78, 5) is 26.4. The van der Waals surface area contributed by atoms with Crippen LogP contribution in [-0.2, 0) is 9.59 Å². The molecule has 0 saturated carbocycles. The van der Waals surface area contributed by atoms with Gasteiger partial charge in [0.05, 0.1) is 6.54 Å². The first kappa shape index (κ1) is 12.6. The summed E-state index contributed by atoms with van der Waals surface area (Å²) in [5, 5.41) is 9.36. The number of aliphatic carboxylic acids is 1. The smallest absolute Gasteiger partial charge is 0.325 e. The Bertz CT molecular complexity index is 447. The van der Waals surface area contributed by atoms with Gasteiger partial charge in [0.15, 0.2) is 0 Å². The molecule has 1 N–H and O–H groups in total. The van der Waals surface area contributed by atoms with Gasteiger partial charge >= 0.3 is 5.97 Å². The third-order valence-corrected chi connectivity index (χ3v) is 3.20. The predicted molar refractivity (Wildman–Crippen MR) is 66.0 cm³/mol. The monoisotopic (exact) mass is 248 g/mol.